The molecule has 19 heavy (non-hydrogen) atoms. The van der Waals surface area contributed by atoms with E-state index in [1.165, 1.54) is 12.1 Å². The molecule has 1 heterocycles. The maximum Gasteiger partial charge on any atom is 0.125 e. The Morgan fingerprint density at radius 3 is 2.95 bits per heavy atom. The summed E-state index contributed by atoms with van der Waals surface area (Å²) in [6, 6.07) is 6.56. The molecule has 1 aromatic carbocycles. The van der Waals surface area contributed by atoms with E-state index in [4.69, 9.17) is 4.74 Å². The van der Waals surface area contributed by atoms with E-state index in [1.54, 1.807) is 12.3 Å². The van der Waals surface area contributed by atoms with Crippen LogP contribution in [0.25, 0.3) is 10.9 Å². The summed E-state index contributed by atoms with van der Waals surface area (Å²) >= 11 is 0. The van der Waals surface area contributed by atoms with Crippen LogP contribution in [0.4, 0.5) is 10.1 Å². The number of pyridine rings is 1. The van der Waals surface area contributed by atoms with Crippen LogP contribution in [0, 0.1) is 5.82 Å². The van der Waals surface area contributed by atoms with Gasteiger partial charge in [-0.1, -0.05) is 0 Å². The zero-order chi connectivity index (χ0) is 13.7. The van der Waals surface area contributed by atoms with Gasteiger partial charge < -0.3 is 10.1 Å². The van der Waals surface area contributed by atoms with Crippen LogP contribution in [0.3, 0.4) is 0 Å². The molecule has 0 bridgehead atoms. The monoisotopic (exact) mass is 262 g/mol. The molecule has 0 saturated heterocycles. The number of halogens is 1. The van der Waals surface area contributed by atoms with E-state index >= 15 is 0 Å². The number of nitrogens with zero attached hydrogens (tertiary/aromatic N) is 1. The molecule has 0 unspecified atom stereocenters. The van der Waals surface area contributed by atoms with E-state index < -0.39 is 0 Å². The highest BCUT2D eigenvalue weighted by molar-refractivity contribution is 5.90. The normalized spacial score (nSPS) is 11.2. The number of benzene rings is 1. The van der Waals surface area contributed by atoms with Gasteiger partial charge in [0.25, 0.3) is 0 Å². The van der Waals surface area contributed by atoms with Gasteiger partial charge in [-0.05, 0) is 38.5 Å². The minimum Gasteiger partial charge on any atom is -0.384 e. The Balaban J connectivity index is 1.97. The van der Waals surface area contributed by atoms with Crippen molar-refractivity contribution < 1.29 is 9.13 Å². The number of hydrogen-bond donors (Lipinski definition) is 1. The number of nitrogens with one attached hydrogen (secondary N) is 1. The van der Waals surface area contributed by atoms with Gasteiger partial charge in [0, 0.05) is 36.5 Å². The lowest BCUT2D eigenvalue weighted by Gasteiger charge is -2.10. The largest absolute Gasteiger partial charge is 0.384 e. The highest BCUT2D eigenvalue weighted by atomic mass is 19.1. The zero-order valence-electron chi connectivity index (χ0n) is 11.3. The summed E-state index contributed by atoms with van der Waals surface area (Å²) in [5, 5.41) is 4.28. The molecule has 2 aromatic rings. The Hall–Kier alpha value is -1.68. The van der Waals surface area contributed by atoms with Gasteiger partial charge in [-0.15, -0.1) is 0 Å². The Morgan fingerprint density at radius 2 is 2.16 bits per heavy atom. The van der Waals surface area contributed by atoms with Crippen molar-refractivity contribution in [1.82, 2.24) is 4.98 Å². The second kappa shape index (κ2) is 6.48. The minimum absolute atomic E-state index is 0.262. The summed E-state index contributed by atoms with van der Waals surface area (Å²) in [7, 11) is 0. The quantitative estimate of drug-likeness (QED) is 0.808. The highest BCUT2D eigenvalue weighted by Crippen LogP contribution is 2.21. The van der Waals surface area contributed by atoms with Crippen molar-refractivity contribution in [2.24, 2.45) is 0 Å². The van der Waals surface area contributed by atoms with Crippen LogP contribution >= 0.6 is 0 Å². The van der Waals surface area contributed by atoms with E-state index in [2.05, 4.69) is 10.3 Å². The van der Waals surface area contributed by atoms with Crippen molar-refractivity contribution in [1.29, 1.82) is 0 Å². The second-order valence-corrected chi connectivity index (χ2v) is 4.72. The number of ether oxygens (including phenoxy) is 1. The summed E-state index contributed by atoms with van der Waals surface area (Å²) in [5.74, 6) is -0.262. The van der Waals surface area contributed by atoms with E-state index in [1.807, 2.05) is 19.9 Å². The minimum atomic E-state index is -0.262. The van der Waals surface area contributed by atoms with Crippen molar-refractivity contribution in [3.05, 3.63) is 36.3 Å². The maximum atomic E-state index is 13.1. The molecule has 2 rings (SSSR count). The second-order valence-electron chi connectivity index (χ2n) is 4.72. The van der Waals surface area contributed by atoms with Crippen molar-refractivity contribution in [3.63, 3.8) is 0 Å². The molecule has 0 aliphatic heterocycles. The molecule has 1 N–H and O–H groups in total. The standard InChI is InChI=1S/C15H19FN2O/c1-11(2)19-9-3-7-17-14-6-8-18-15-10-12(16)4-5-13(14)15/h4-6,8,10-11H,3,7,9H2,1-2H3,(H,17,18). The van der Waals surface area contributed by atoms with Gasteiger partial charge in [0.05, 0.1) is 11.6 Å². The third-order valence-corrected chi connectivity index (χ3v) is 2.79. The van der Waals surface area contributed by atoms with Crippen LogP contribution in [0.15, 0.2) is 30.5 Å². The lowest BCUT2D eigenvalue weighted by atomic mass is 10.2. The van der Waals surface area contributed by atoms with Crippen LogP contribution in [-0.2, 0) is 4.74 Å². The van der Waals surface area contributed by atoms with Crippen molar-refractivity contribution >= 4 is 16.6 Å². The van der Waals surface area contributed by atoms with Crippen LogP contribution in [0.1, 0.15) is 20.3 Å². The lowest BCUT2D eigenvalue weighted by Crippen LogP contribution is -2.09. The van der Waals surface area contributed by atoms with Gasteiger partial charge in [0.1, 0.15) is 5.82 Å². The predicted octanol–water partition coefficient (Wildman–Crippen LogP) is 3.60. The van der Waals surface area contributed by atoms with Gasteiger partial charge in [-0.25, -0.2) is 4.39 Å². The van der Waals surface area contributed by atoms with Gasteiger partial charge in [0.2, 0.25) is 0 Å². The van der Waals surface area contributed by atoms with Crippen LogP contribution in [0.2, 0.25) is 0 Å². The van der Waals surface area contributed by atoms with Gasteiger partial charge in [-0.3, -0.25) is 4.98 Å². The Kier molecular flexibility index (Phi) is 4.68. The molecule has 3 nitrogen and oxygen atoms in total. The number of rotatable bonds is 6. The molecular weight excluding hydrogens is 243 g/mol. The van der Waals surface area contributed by atoms with Gasteiger partial charge in [-0.2, -0.15) is 0 Å². The fraction of sp³-hybridized carbons (Fsp3) is 0.400. The number of hydrogen-bond acceptors (Lipinski definition) is 3. The summed E-state index contributed by atoms with van der Waals surface area (Å²) in [4.78, 5) is 4.17. The van der Waals surface area contributed by atoms with E-state index in [0.29, 0.717) is 5.52 Å². The molecule has 0 fully saturated rings. The topological polar surface area (TPSA) is 34.1 Å². The fourth-order valence-corrected chi connectivity index (χ4v) is 1.89. The number of anilines is 1. The summed E-state index contributed by atoms with van der Waals surface area (Å²) in [6.45, 7) is 5.61. The molecule has 0 atom stereocenters. The molecule has 4 heteroatoms. The summed E-state index contributed by atoms with van der Waals surface area (Å²) in [6.07, 6.45) is 2.89. The first kappa shape index (κ1) is 13.7. The molecule has 102 valence electrons. The summed E-state index contributed by atoms with van der Waals surface area (Å²) < 4.78 is 18.6. The molecule has 1 aromatic heterocycles. The molecular formula is C15H19FN2O. The molecule has 0 amide bonds. The zero-order valence-corrected chi connectivity index (χ0v) is 11.3. The first-order valence-electron chi connectivity index (χ1n) is 6.56. The lowest BCUT2D eigenvalue weighted by molar-refractivity contribution is 0.0787. The Bertz CT molecular complexity index is 543. The van der Waals surface area contributed by atoms with Crippen molar-refractivity contribution in [2.75, 3.05) is 18.5 Å². The van der Waals surface area contributed by atoms with E-state index in [0.717, 1.165) is 30.6 Å². The fourth-order valence-electron chi connectivity index (χ4n) is 1.89. The SMILES string of the molecule is CC(C)OCCCNc1ccnc2cc(F)ccc12. The molecule has 0 saturated carbocycles. The Labute approximate surface area is 112 Å². The van der Waals surface area contributed by atoms with Crippen LogP contribution in [-0.4, -0.2) is 24.2 Å². The molecule has 0 spiro atoms. The number of fused-ring (bicyclic) bond motifs is 1. The smallest absolute Gasteiger partial charge is 0.125 e. The molecule has 0 aliphatic rings. The number of aromatic nitrogens is 1. The third kappa shape index (κ3) is 3.89. The Morgan fingerprint density at radius 1 is 1.32 bits per heavy atom. The predicted molar refractivity (Wildman–Crippen MR) is 75.9 cm³/mol. The maximum absolute atomic E-state index is 13.1. The van der Waals surface area contributed by atoms with Gasteiger partial charge in [0.15, 0.2) is 0 Å². The highest BCUT2D eigenvalue weighted by Gasteiger charge is 2.02. The first-order valence-corrected chi connectivity index (χ1v) is 6.56. The third-order valence-electron chi connectivity index (χ3n) is 2.79. The van der Waals surface area contributed by atoms with Crippen molar-refractivity contribution in [3.8, 4) is 0 Å². The van der Waals surface area contributed by atoms with Crippen LogP contribution in [0.5, 0.6) is 0 Å². The van der Waals surface area contributed by atoms with Crippen LogP contribution < -0.4 is 5.32 Å². The molecule has 0 radical (unpaired) electrons. The van der Waals surface area contributed by atoms with E-state index in [-0.39, 0.29) is 11.9 Å². The van der Waals surface area contributed by atoms with Crippen molar-refractivity contribution in [2.45, 2.75) is 26.4 Å². The average molecular weight is 262 g/mol. The molecule has 0 aliphatic carbocycles. The van der Waals surface area contributed by atoms with Gasteiger partial charge >= 0.3 is 0 Å². The summed E-state index contributed by atoms with van der Waals surface area (Å²) in [5.41, 5.74) is 1.65. The van der Waals surface area contributed by atoms with E-state index in [9.17, 15) is 4.39 Å². The first-order chi connectivity index (χ1) is 9.16. The average Bonchev–Trinajstić information content (AvgIpc) is 2.37.